The Balaban J connectivity index is 4.55. The number of aliphatic hydroxyl groups is 3. The normalized spacial score (nSPS) is 15.2. The molecule has 0 aromatic carbocycles. The van der Waals surface area contributed by atoms with Crippen molar-refractivity contribution in [3.63, 3.8) is 0 Å². The van der Waals surface area contributed by atoms with Crippen LogP contribution in [0.4, 0.5) is 0 Å². The standard InChI is InChI=1S/C46H77O11P/c1-3-5-7-9-11-12-13-14-15-16-17-18-19-20-24-29-33-37-46(51)57-44(41-56-58(52,53)55-39-43(49)38-47)40-54-45(50)36-32-28-25-21-23-27-31-35-42(48)34-30-26-22-10-8-6-4-2/h14-15,17-18,20-22,24-27,30-31,34,42-44,47-49H,3-13,16,19,23,28-29,32-33,35-41H2,1-2H3,(H,52,53)/b15-14-,18-17-,24-20-,25-21+,26-22-,31-27-,34-30-/t42-,43+,44-/m1/s1. The lowest BCUT2D eigenvalue weighted by molar-refractivity contribution is -0.161. The third-order valence-corrected chi connectivity index (χ3v) is 9.55. The van der Waals surface area contributed by atoms with E-state index in [1.807, 2.05) is 48.6 Å². The van der Waals surface area contributed by atoms with Gasteiger partial charge in [-0.05, 0) is 77.0 Å². The molecular weight excluding hydrogens is 759 g/mol. The van der Waals surface area contributed by atoms with E-state index in [1.165, 1.54) is 57.8 Å². The van der Waals surface area contributed by atoms with Gasteiger partial charge in [0.25, 0.3) is 0 Å². The smallest absolute Gasteiger partial charge is 0.462 e. The van der Waals surface area contributed by atoms with Crippen molar-refractivity contribution in [2.75, 3.05) is 26.4 Å². The Morgan fingerprint density at radius 3 is 1.72 bits per heavy atom. The highest BCUT2D eigenvalue weighted by Gasteiger charge is 2.27. The summed E-state index contributed by atoms with van der Waals surface area (Å²) in [7, 11) is -4.66. The average molecular weight is 837 g/mol. The largest absolute Gasteiger partial charge is 0.472 e. The molecule has 58 heavy (non-hydrogen) atoms. The molecule has 0 rings (SSSR count). The van der Waals surface area contributed by atoms with Gasteiger partial charge in [0.1, 0.15) is 12.7 Å². The number of allylic oxidation sites excluding steroid dienone is 12. The number of carbonyl (C=O) groups excluding carboxylic acids is 2. The van der Waals surface area contributed by atoms with Crippen molar-refractivity contribution >= 4 is 19.8 Å². The number of ether oxygens (including phenoxy) is 2. The molecule has 0 radical (unpaired) electrons. The molecule has 4 N–H and O–H groups in total. The van der Waals surface area contributed by atoms with E-state index in [0.29, 0.717) is 38.5 Å². The SMILES string of the molecule is CCCCC/C=C\C=C/[C@@H](O)C/C=C\C/C=C/CCCC(=O)OC[C@H](COP(=O)(O)OC[C@@H](O)CO)OC(=O)CCC/C=C\C/C=C\C/C=C\CCCCCCCC. The second kappa shape index (κ2) is 40.9. The molecule has 0 amide bonds. The van der Waals surface area contributed by atoms with Crippen LogP contribution in [-0.2, 0) is 32.7 Å². The van der Waals surface area contributed by atoms with Gasteiger partial charge in [-0.15, -0.1) is 0 Å². The van der Waals surface area contributed by atoms with Crippen molar-refractivity contribution in [1.29, 1.82) is 0 Å². The molecular formula is C46H77O11P. The molecule has 0 aliphatic heterocycles. The number of carbonyl (C=O) groups is 2. The van der Waals surface area contributed by atoms with Crippen LogP contribution in [0.25, 0.3) is 0 Å². The van der Waals surface area contributed by atoms with Crippen molar-refractivity contribution < 1.29 is 52.9 Å². The molecule has 332 valence electrons. The predicted octanol–water partition coefficient (Wildman–Crippen LogP) is 10.4. The molecule has 0 aromatic heterocycles. The summed E-state index contributed by atoms with van der Waals surface area (Å²) >= 11 is 0. The zero-order valence-corrected chi connectivity index (χ0v) is 36.5. The molecule has 0 aliphatic rings. The van der Waals surface area contributed by atoms with Crippen LogP contribution in [0.2, 0.25) is 0 Å². The Bertz CT molecular complexity index is 1250. The van der Waals surface area contributed by atoms with Gasteiger partial charge >= 0.3 is 19.8 Å². The molecule has 0 saturated heterocycles. The summed E-state index contributed by atoms with van der Waals surface area (Å²) < 4.78 is 32.5. The van der Waals surface area contributed by atoms with Gasteiger partial charge in [-0.1, -0.05) is 144 Å². The maximum absolute atomic E-state index is 12.6. The van der Waals surface area contributed by atoms with Crippen LogP contribution in [0.15, 0.2) is 85.1 Å². The summed E-state index contributed by atoms with van der Waals surface area (Å²) in [5.74, 6) is -1.10. The number of rotatable bonds is 39. The molecule has 12 heteroatoms. The molecule has 0 fully saturated rings. The monoisotopic (exact) mass is 837 g/mol. The lowest BCUT2D eigenvalue weighted by atomic mass is 10.1. The fourth-order valence-corrected chi connectivity index (χ4v) is 5.99. The Morgan fingerprint density at radius 1 is 0.586 bits per heavy atom. The quantitative estimate of drug-likeness (QED) is 0.0153. The lowest BCUT2D eigenvalue weighted by Crippen LogP contribution is -2.29. The fraction of sp³-hybridized carbons (Fsp3) is 0.652. The van der Waals surface area contributed by atoms with Gasteiger partial charge in [0.05, 0.1) is 25.9 Å². The molecule has 0 bridgehead atoms. The second-order valence-electron chi connectivity index (χ2n) is 14.2. The van der Waals surface area contributed by atoms with E-state index in [2.05, 4.69) is 48.8 Å². The third-order valence-electron chi connectivity index (χ3n) is 8.60. The summed E-state index contributed by atoms with van der Waals surface area (Å²) in [4.78, 5) is 34.9. The zero-order valence-electron chi connectivity index (χ0n) is 35.6. The number of esters is 2. The minimum absolute atomic E-state index is 0.0833. The van der Waals surface area contributed by atoms with Crippen molar-refractivity contribution in [2.45, 2.75) is 167 Å². The average Bonchev–Trinajstić information content (AvgIpc) is 3.21. The first-order valence-electron chi connectivity index (χ1n) is 21.7. The molecule has 0 heterocycles. The second-order valence-corrected chi connectivity index (χ2v) is 15.7. The maximum atomic E-state index is 12.6. The first-order valence-corrected chi connectivity index (χ1v) is 23.1. The third kappa shape index (κ3) is 39.9. The van der Waals surface area contributed by atoms with Crippen LogP contribution >= 0.6 is 7.82 Å². The minimum atomic E-state index is -4.66. The van der Waals surface area contributed by atoms with E-state index in [4.69, 9.17) is 19.1 Å². The van der Waals surface area contributed by atoms with Crippen molar-refractivity contribution in [2.24, 2.45) is 0 Å². The zero-order chi connectivity index (χ0) is 42.8. The summed E-state index contributed by atoms with van der Waals surface area (Å²) in [6, 6.07) is 0. The van der Waals surface area contributed by atoms with E-state index in [0.717, 1.165) is 25.7 Å². The number of phosphoric acid groups is 1. The highest BCUT2D eigenvalue weighted by molar-refractivity contribution is 7.47. The van der Waals surface area contributed by atoms with Crippen LogP contribution in [-0.4, -0.2) is 76.9 Å². The van der Waals surface area contributed by atoms with Crippen LogP contribution < -0.4 is 0 Å². The Morgan fingerprint density at radius 2 is 1.09 bits per heavy atom. The minimum Gasteiger partial charge on any atom is -0.462 e. The first kappa shape index (κ1) is 55.1. The molecule has 0 spiro atoms. The number of phosphoric ester groups is 1. The van der Waals surface area contributed by atoms with Gasteiger partial charge in [0.15, 0.2) is 6.10 Å². The van der Waals surface area contributed by atoms with Crippen LogP contribution in [0.5, 0.6) is 0 Å². The van der Waals surface area contributed by atoms with Gasteiger partial charge in [0, 0.05) is 12.8 Å². The summed E-state index contributed by atoms with van der Waals surface area (Å²) in [5, 5.41) is 28.4. The molecule has 0 saturated carbocycles. The van der Waals surface area contributed by atoms with Crippen molar-refractivity contribution in [1.82, 2.24) is 0 Å². The van der Waals surface area contributed by atoms with Crippen molar-refractivity contribution in [3.8, 4) is 0 Å². The van der Waals surface area contributed by atoms with Gasteiger partial charge in [-0.2, -0.15) is 0 Å². The van der Waals surface area contributed by atoms with E-state index in [1.54, 1.807) is 6.08 Å². The van der Waals surface area contributed by atoms with Crippen molar-refractivity contribution in [3.05, 3.63) is 85.1 Å². The predicted molar refractivity (Wildman–Crippen MR) is 234 cm³/mol. The van der Waals surface area contributed by atoms with Gasteiger partial charge in [-0.25, -0.2) is 4.57 Å². The molecule has 0 aromatic rings. The van der Waals surface area contributed by atoms with Gasteiger partial charge < -0.3 is 29.7 Å². The fourth-order valence-electron chi connectivity index (χ4n) is 5.20. The Hall–Kier alpha value is -2.89. The number of aliphatic hydroxyl groups excluding tert-OH is 3. The molecule has 0 aliphatic carbocycles. The molecule has 11 nitrogen and oxygen atoms in total. The van der Waals surface area contributed by atoms with Crippen LogP contribution in [0.3, 0.4) is 0 Å². The number of unbranched alkanes of at least 4 members (excludes halogenated alkanes) is 11. The summed E-state index contributed by atoms with van der Waals surface area (Å²) in [6.07, 6.45) is 44.4. The number of hydrogen-bond donors (Lipinski definition) is 4. The van der Waals surface area contributed by atoms with E-state index in [9.17, 15) is 29.3 Å². The highest BCUT2D eigenvalue weighted by Crippen LogP contribution is 2.43. The number of hydrogen-bond acceptors (Lipinski definition) is 10. The molecule has 4 atom stereocenters. The summed E-state index contributed by atoms with van der Waals surface area (Å²) in [5.41, 5.74) is 0. The van der Waals surface area contributed by atoms with E-state index < -0.39 is 57.9 Å². The first-order chi connectivity index (χ1) is 28.1. The Labute approximate surface area is 350 Å². The lowest BCUT2D eigenvalue weighted by Gasteiger charge is -2.20. The van der Waals surface area contributed by atoms with Crippen LogP contribution in [0, 0.1) is 0 Å². The van der Waals surface area contributed by atoms with E-state index in [-0.39, 0.29) is 19.4 Å². The van der Waals surface area contributed by atoms with E-state index >= 15 is 0 Å². The highest BCUT2D eigenvalue weighted by atomic mass is 31.2. The van der Waals surface area contributed by atoms with Gasteiger partial charge in [-0.3, -0.25) is 18.6 Å². The topological polar surface area (TPSA) is 169 Å². The molecule has 1 unspecified atom stereocenters. The Kier molecular flexibility index (Phi) is 38.8. The maximum Gasteiger partial charge on any atom is 0.472 e. The van der Waals surface area contributed by atoms with Crippen LogP contribution in [0.1, 0.15) is 149 Å². The summed E-state index contributed by atoms with van der Waals surface area (Å²) in [6.45, 7) is 2.11. The van der Waals surface area contributed by atoms with Gasteiger partial charge in [0.2, 0.25) is 0 Å².